The van der Waals surface area contributed by atoms with E-state index in [2.05, 4.69) is 4.90 Å². The molecule has 1 aliphatic heterocycles. The van der Waals surface area contributed by atoms with E-state index in [4.69, 9.17) is 5.73 Å². The number of piperidine rings is 1. The first-order valence-corrected chi connectivity index (χ1v) is 8.42. The van der Waals surface area contributed by atoms with Gasteiger partial charge in [0.05, 0.1) is 6.04 Å². The summed E-state index contributed by atoms with van der Waals surface area (Å²) >= 11 is 0. The summed E-state index contributed by atoms with van der Waals surface area (Å²) in [5, 5.41) is 0. The molecule has 1 heterocycles. The molecule has 2 nitrogen and oxygen atoms in total. The third-order valence-corrected chi connectivity index (χ3v) is 5.42. The van der Waals surface area contributed by atoms with Crippen molar-refractivity contribution in [2.75, 3.05) is 13.1 Å². The third-order valence-electron chi connectivity index (χ3n) is 5.42. The van der Waals surface area contributed by atoms with Crippen molar-refractivity contribution in [3.8, 4) is 0 Å². The van der Waals surface area contributed by atoms with Crippen molar-refractivity contribution in [3.63, 3.8) is 0 Å². The van der Waals surface area contributed by atoms with Crippen molar-refractivity contribution in [2.45, 2.75) is 57.5 Å². The van der Waals surface area contributed by atoms with Crippen LogP contribution in [0.5, 0.6) is 0 Å². The lowest BCUT2D eigenvalue weighted by atomic mass is 9.77. The van der Waals surface area contributed by atoms with Crippen LogP contribution in [0.1, 0.15) is 55.7 Å². The molecule has 3 unspecified atom stereocenters. The number of likely N-dealkylation sites (tertiary alicyclic amines) is 1. The molecule has 0 bridgehead atoms. The minimum absolute atomic E-state index is 0.0378. The van der Waals surface area contributed by atoms with Gasteiger partial charge in [0, 0.05) is 18.2 Å². The Morgan fingerprint density at radius 1 is 1.24 bits per heavy atom. The molecular formula is C18H27FN2. The lowest BCUT2D eigenvalue weighted by Crippen LogP contribution is -2.50. The lowest BCUT2D eigenvalue weighted by Gasteiger charge is -2.47. The van der Waals surface area contributed by atoms with Crippen LogP contribution < -0.4 is 5.73 Å². The van der Waals surface area contributed by atoms with Crippen molar-refractivity contribution in [3.05, 3.63) is 35.1 Å². The highest BCUT2D eigenvalue weighted by molar-refractivity contribution is 5.27. The first-order chi connectivity index (χ1) is 10.2. The van der Waals surface area contributed by atoms with E-state index in [1.807, 2.05) is 19.1 Å². The van der Waals surface area contributed by atoms with Crippen LogP contribution in [-0.4, -0.2) is 24.0 Å². The summed E-state index contributed by atoms with van der Waals surface area (Å²) < 4.78 is 14.3. The predicted octanol–water partition coefficient (Wildman–Crippen LogP) is 3.79. The number of nitrogens with zero attached hydrogens (tertiary/aromatic N) is 1. The van der Waals surface area contributed by atoms with Gasteiger partial charge in [-0.1, -0.05) is 30.5 Å². The van der Waals surface area contributed by atoms with Crippen LogP contribution in [0.15, 0.2) is 18.2 Å². The van der Waals surface area contributed by atoms with Crippen LogP contribution in [0.25, 0.3) is 0 Å². The summed E-state index contributed by atoms with van der Waals surface area (Å²) in [6.45, 7) is 3.59. The smallest absolute Gasteiger partial charge is 0.128 e. The molecular weight excluding hydrogens is 263 g/mol. The SMILES string of the molecule is Cc1ccc(F)c(C(CN)N2CCCC3CCCCC32)c1. The van der Waals surface area contributed by atoms with Crippen molar-refractivity contribution in [1.82, 2.24) is 4.90 Å². The zero-order valence-electron chi connectivity index (χ0n) is 13.0. The van der Waals surface area contributed by atoms with E-state index in [1.54, 1.807) is 6.07 Å². The molecule has 116 valence electrons. The fourth-order valence-corrected chi connectivity index (χ4v) is 4.41. The number of aryl methyl sites for hydroxylation is 1. The van der Waals surface area contributed by atoms with Gasteiger partial charge in [-0.2, -0.15) is 0 Å². The van der Waals surface area contributed by atoms with Crippen molar-refractivity contribution in [2.24, 2.45) is 11.7 Å². The van der Waals surface area contributed by atoms with Crippen LogP contribution in [0.2, 0.25) is 0 Å². The van der Waals surface area contributed by atoms with Gasteiger partial charge in [0.1, 0.15) is 5.82 Å². The van der Waals surface area contributed by atoms with E-state index in [0.717, 1.165) is 23.6 Å². The standard InChI is InChI=1S/C18H27FN2/c1-13-8-9-16(19)15(11-13)18(12-20)21-10-4-6-14-5-2-3-7-17(14)21/h8-9,11,14,17-18H,2-7,10,12,20H2,1H3. The van der Waals surface area contributed by atoms with E-state index in [-0.39, 0.29) is 11.9 Å². The maximum absolute atomic E-state index is 14.3. The molecule has 2 N–H and O–H groups in total. The molecule has 3 atom stereocenters. The quantitative estimate of drug-likeness (QED) is 0.917. The van der Waals surface area contributed by atoms with Crippen LogP contribution in [0.3, 0.4) is 0 Å². The normalized spacial score (nSPS) is 28.1. The largest absolute Gasteiger partial charge is 0.329 e. The number of halogens is 1. The molecule has 0 spiro atoms. The molecule has 0 amide bonds. The third kappa shape index (κ3) is 3.00. The van der Waals surface area contributed by atoms with E-state index in [9.17, 15) is 4.39 Å². The summed E-state index contributed by atoms with van der Waals surface area (Å²) in [5.41, 5.74) is 7.98. The zero-order chi connectivity index (χ0) is 14.8. The number of hydrogen-bond donors (Lipinski definition) is 1. The zero-order valence-corrected chi connectivity index (χ0v) is 13.0. The maximum Gasteiger partial charge on any atom is 0.128 e. The molecule has 21 heavy (non-hydrogen) atoms. The fraction of sp³-hybridized carbons (Fsp3) is 0.667. The number of fused-ring (bicyclic) bond motifs is 1. The van der Waals surface area contributed by atoms with Crippen LogP contribution in [0, 0.1) is 18.7 Å². The molecule has 0 aromatic heterocycles. The minimum Gasteiger partial charge on any atom is -0.329 e. The number of nitrogens with two attached hydrogens (primary N) is 1. The summed E-state index contributed by atoms with van der Waals surface area (Å²) in [6.07, 6.45) is 7.84. The Bertz CT molecular complexity index is 486. The Morgan fingerprint density at radius 2 is 2.00 bits per heavy atom. The molecule has 1 aliphatic carbocycles. The Hall–Kier alpha value is -0.930. The molecule has 1 aromatic carbocycles. The molecule has 1 saturated heterocycles. The second kappa shape index (κ2) is 6.45. The maximum atomic E-state index is 14.3. The van der Waals surface area contributed by atoms with Gasteiger partial charge in [0.15, 0.2) is 0 Å². The fourth-order valence-electron chi connectivity index (χ4n) is 4.41. The van der Waals surface area contributed by atoms with Crippen molar-refractivity contribution < 1.29 is 4.39 Å². The van der Waals surface area contributed by atoms with Crippen LogP contribution in [0.4, 0.5) is 4.39 Å². The van der Waals surface area contributed by atoms with Gasteiger partial charge in [0.25, 0.3) is 0 Å². The molecule has 3 heteroatoms. The number of hydrogen-bond acceptors (Lipinski definition) is 2. The summed E-state index contributed by atoms with van der Waals surface area (Å²) in [6, 6.07) is 6.07. The van der Waals surface area contributed by atoms with Gasteiger partial charge in [-0.25, -0.2) is 4.39 Å². The lowest BCUT2D eigenvalue weighted by molar-refractivity contribution is 0.0265. The first kappa shape index (κ1) is 15.0. The second-order valence-corrected chi connectivity index (χ2v) is 6.77. The van der Waals surface area contributed by atoms with Crippen LogP contribution >= 0.6 is 0 Å². The molecule has 1 aromatic rings. The first-order valence-electron chi connectivity index (χ1n) is 8.42. The minimum atomic E-state index is -0.103. The Balaban J connectivity index is 1.89. The second-order valence-electron chi connectivity index (χ2n) is 6.77. The van der Waals surface area contributed by atoms with Crippen LogP contribution in [-0.2, 0) is 0 Å². The summed E-state index contributed by atoms with van der Waals surface area (Å²) in [4.78, 5) is 2.52. The highest BCUT2D eigenvalue weighted by Gasteiger charge is 2.37. The highest BCUT2D eigenvalue weighted by atomic mass is 19.1. The average Bonchev–Trinajstić information content (AvgIpc) is 2.51. The molecule has 3 rings (SSSR count). The van der Waals surface area contributed by atoms with Gasteiger partial charge in [-0.05, 0) is 51.1 Å². The molecule has 0 radical (unpaired) electrons. The monoisotopic (exact) mass is 290 g/mol. The Labute approximate surface area is 127 Å². The molecule has 1 saturated carbocycles. The van der Waals surface area contributed by atoms with E-state index >= 15 is 0 Å². The average molecular weight is 290 g/mol. The van der Waals surface area contributed by atoms with E-state index < -0.39 is 0 Å². The molecule has 2 fully saturated rings. The van der Waals surface area contributed by atoms with E-state index in [0.29, 0.717) is 12.6 Å². The number of benzene rings is 1. The Kier molecular flexibility index (Phi) is 4.60. The highest BCUT2D eigenvalue weighted by Crippen LogP contribution is 2.39. The van der Waals surface area contributed by atoms with E-state index in [1.165, 1.54) is 38.5 Å². The topological polar surface area (TPSA) is 29.3 Å². The summed E-state index contributed by atoms with van der Waals surface area (Å²) in [7, 11) is 0. The predicted molar refractivity (Wildman–Crippen MR) is 84.6 cm³/mol. The van der Waals surface area contributed by atoms with Gasteiger partial charge >= 0.3 is 0 Å². The summed E-state index contributed by atoms with van der Waals surface area (Å²) in [5.74, 6) is 0.698. The van der Waals surface area contributed by atoms with Gasteiger partial charge in [0.2, 0.25) is 0 Å². The van der Waals surface area contributed by atoms with Gasteiger partial charge in [-0.15, -0.1) is 0 Å². The number of rotatable bonds is 3. The van der Waals surface area contributed by atoms with Gasteiger partial charge in [-0.3, -0.25) is 4.90 Å². The van der Waals surface area contributed by atoms with Gasteiger partial charge < -0.3 is 5.73 Å². The van der Waals surface area contributed by atoms with Crippen molar-refractivity contribution in [1.29, 1.82) is 0 Å². The van der Waals surface area contributed by atoms with Crippen molar-refractivity contribution >= 4 is 0 Å². The Morgan fingerprint density at radius 3 is 2.81 bits per heavy atom. The molecule has 2 aliphatic rings.